The Morgan fingerprint density at radius 1 is 0.943 bits per heavy atom. The summed E-state index contributed by atoms with van der Waals surface area (Å²) in [6.07, 6.45) is 18.0. The molecule has 6 heteroatoms. The highest BCUT2D eigenvalue weighted by molar-refractivity contribution is 5.85. The number of fused-ring (bicyclic) bond motifs is 1. The number of likely N-dealkylation sites (tertiary alicyclic amines) is 1. The Kier molecular flexibility index (Phi) is 6.64. The van der Waals surface area contributed by atoms with Crippen LogP contribution in [0.1, 0.15) is 70.4 Å². The van der Waals surface area contributed by atoms with Gasteiger partial charge in [-0.05, 0) is 74.6 Å². The van der Waals surface area contributed by atoms with Crippen molar-refractivity contribution in [2.75, 3.05) is 19.7 Å². The Morgan fingerprint density at radius 3 is 2.57 bits per heavy atom. The van der Waals surface area contributed by atoms with E-state index in [2.05, 4.69) is 51.2 Å². The maximum Gasteiger partial charge on any atom is 0.225 e. The Bertz CT molecular complexity index is 1140. The molecule has 1 aromatic carbocycles. The largest absolute Gasteiger partial charge is 0.357 e. The van der Waals surface area contributed by atoms with Crippen molar-refractivity contribution in [3.63, 3.8) is 0 Å². The van der Waals surface area contributed by atoms with Gasteiger partial charge in [0.15, 0.2) is 0 Å². The summed E-state index contributed by atoms with van der Waals surface area (Å²) in [7, 11) is 0. The van der Waals surface area contributed by atoms with Gasteiger partial charge in [0.05, 0.1) is 6.20 Å². The number of nitrogens with zero attached hydrogens (tertiary/aromatic N) is 4. The molecule has 3 aliphatic rings. The molecule has 1 saturated carbocycles. The molecular formula is C29H38N4O2. The van der Waals surface area contributed by atoms with Gasteiger partial charge in [-0.2, -0.15) is 5.10 Å². The summed E-state index contributed by atoms with van der Waals surface area (Å²) in [5.74, 6) is 1.36. The van der Waals surface area contributed by atoms with Crippen molar-refractivity contribution < 1.29 is 9.53 Å². The fourth-order valence-electron chi connectivity index (χ4n) is 6.34. The van der Waals surface area contributed by atoms with E-state index >= 15 is 0 Å². The number of carbonyl (C=O) groups is 1. The lowest BCUT2D eigenvalue weighted by Crippen LogP contribution is -2.42. The first kappa shape index (κ1) is 22.8. The number of amides is 1. The van der Waals surface area contributed by atoms with Crippen LogP contribution < -0.4 is 0 Å². The van der Waals surface area contributed by atoms with Crippen LogP contribution in [0.5, 0.6) is 0 Å². The SMILES string of the molecule is O=C(C1CCCCC1)N1CCC(Cn2ccc3cc(-c4cnn(C5CCCCO5)c4)ccc32)CC1. The summed E-state index contributed by atoms with van der Waals surface area (Å²) in [6.45, 7) is 3.72. The summed E-state index contributed by atoms with van der Waals surface area (Å²) in [5.41, 5.74) is 3.63. The molecule has 2 aliphatic heterocycles. The summed E-state index contributed by atoms with van der Waals surface area (Å²) < 4.78 is 10.3. The van der Waals surface area contributed by atoms with Crippen molar-refractivity contribution in [1.29, 1.82) is 0 Å². The van der Waals surface area contributed by atoms with E-state index in [0.717, 1.165) is 70.3 Å². The molecule has 35 heavy (non-hydrogen) atoms. The van der Waals surface area contributed by atoms with E-state index in [1.54, 1.807) is 0 Å². The van der Waals surface area contributed by atoms with Crippen LogP contribution in [-0.2, 0) is 16.1 Å². The first-order chi connectivity index (χ1) is 17.2. The number of hydrogen-bond acceptors (Lipinski definition) is 3. The normalized spacial score (nSPS) is 22.6. The number of hydrogen-bond donors (Lipinski definition) is 0. The van der Waals surface area contributed by atoms with E-state index in [-0.39, 0.29) is 6.23 Å². The maximum absolute atomic E-state index is 12.9. The molecule has 0 bridgehead atoms. The monoisotopic (exact) mass is 474 g/mol. The van der Waals surface area contributed by atoms with Crippen LogP contribution in [-0.4, -0.2) is 44.9 Å². The number of carbonyl (C=O) groups excluding carboxylic acids is 1. The molecule has 2 aromatic heterocycles. The second-order valence-electron chi connectivity index (χ2n) is 10.9. The van der Waals surface area contributed by atoms with Crippen molar-refractivity contribution in [2.45, 2.75) is 77.0 Å². The zero-order chi connectivity index (χ0) is 23.6. The molecule has 0 spiro atoms. The molecule has 6 nitrogen and oxygen atoms in total. The number of ether oxygens (including phenoxy) is 1. The van der Waals surface area contributed by atoms with Gasteiger partial charge in [0, 0.05) is 61.0 Å². The zero-order valence-corrected chi connectivity index (χ0v) is 20.8. The molecule has 1 atom stereocenters. The second kappa shape index (κ2) is 10.2. The van der Waals surface area contributed by atoms with Crippen LogP contribution in [0, 0.1) is 11.8 Å². The molecule has 2 saturated heterocycles. The Labute approximate surface area is 208 Å². The van der Waals surface area contributed by atoms with Crippen molar-refractivity contribution in [3.05, 3.63) is 42.9 Å². The van der Waals surface area contributed by atoms with Crippen LogP contribution in [0.15, 0.2) is 42.9 Å². The fourth-order valence-corrected chi connectivity index (χ4v) is 6.34. The van der Waals surface area contributed by atoms with Crippen LogP contribution in [0.3, 0.4) is 0 Å². The lowest BCUT2D eigenvalue weighted by Gasteiger charge is -2.35. The van der Waals surface area contributed by atoms with Crippen LogP contribution in [0.2, 0.25) is 0 Å². The molecule has 0 radical (unpaired) electrons. The van der Waals surface area contributed by atoms with Gasteiger partial charge in [0.2, 0.25) is 5.91 Å². The van der Waals surface area contributed by atoms with Gasteiger partial charge < -0.3 is 14.2 Å². The third-order valence-electron chi connectivity index (χ3n) is 8.49. The standard InChI is InChI=1S/C29H38N4O2/c34-29(23-6-2-1-3-7-23)31-14-11-22(12-15-31)20-32-16-13-25-18-24(9-10-27(25)32)26-19-30-33(21-26)28-8-4-5-17-35-28/h9-10,13,16,18-19,21-23,28H,1-8,11-12,14-15,17,20H2. The fraction of sp³-hybridized carbons (Fsp3) is 0.586. The summed E-state index contributed by atoms with van der Waals surface area (Å²) >= 11 is 0. The minimum absolute atomic E-state index is 0.0756. The highest BCUT2D eigenvalue weighted by Crippen LogP contribution is 2.30. The molecule has 3 aromatic rings. The molecule has 1 amide bonds. The van der Waals surface area contributed by atoms with Crippen molar-refractivity contribution >= 4 is 16.8 Å². The lowest BCUT2D eigenvalue weighted by molar-refractivity contribution is -0.138. The molecular weight excluding hydrogens is 436 g/mol. The third-order valence-corrected chi connectivity index (χ3v) is 8.49. The van der Waals surface area contributed by atoms with E-state index in [0.29, 0.717) is 17.7 Å². The van der Waals surface area contributed by atoms with Crippen molar-refractivity contribution in [3.8, 4) is 11.1 Å². The van der Waals surface area contributed by atoms with Crippen LogP contribution in [0.4, 0.5) is 0 Å². The first-order valence-electron chi connectivity index (χ1n) is 13.8. The van der Waals surface area contributed by atoms with E-state index in [1.807, 2.05) is 10.9 Å². The lowest BCUT2D eigenvalue weighted by atomic mass is 9.87. The van der Waals surface area contributed by atoms with E-state index in [1.165, 1.54) is 42.1 Å². The van der Waals surface area contributed by atoms with Crippen molar-refractivity contribution in [2.24, 2.45) is 11.8 Å². The molecule has 6 rings (SSSR count). The number of benzene rings is 1. The quantitative estimate of drug-likeness (QED) is 0.454. The van der Waals surface area contributed by atoms with Crippen LogP contribution >= 0.6 is 0 Å². The Hall–Kier alpha value is -2.60. The second-order valence-corrected chi connectivity index (χ2v) is 10.9. The summed E-state index contributed by atoms with van der Waals surface area (Å²) in [6, 6.07) is 8.98. The summed E-state index contributed by atoms with van der Waals surface area (Å²) in [4.78, 5) is 15.1. The smallest absolute Gasteiger partial charge is 0.225 e. The number of piperidine rings is 1. The Balaban J connectivity index is 1.08. The van der Waals surface area contributed by atoms with Crippen LogP contribution in [0.25, 0.3) is 22.0 Å². The molecule has 1 aliphatic carbocycles. The van der Waals surface area contributed by atoms with Gasteiger partial charge in [-0.15, -0.1) is 0 Å². The zero-order valence-electron chi connectivity index (χ0n) is 20.8. The Morgan fingerprint density at radius 2 is 1.77 bits per heavy atom. The van der Waals surface area contributed by atoms with Gasteiger partial charge in [-0.25, -0.2) is 4.68 Å². The highest BCUT2D eigenvalue weighted by atomic mass is 16.5. The van der Waals surface area contributed by atoms with E-state index in [9.17, 15) is 4.79 Å². The predicted molar refractivity (Wildman–Crippen MR) is 138 cm³/mol. The minimum Gasteiger partial charge on any atom is -0.357 e. The molecule has 4 heterocycles. The molecule has 3 fully saturated rings. The third kappa shape index (κ3) is 4.90. The minimum atomic E-state index is 0.0756. The number of rotatable bonds is 5. The summed E-state index contributed by atoms with van der Waals surface area (Å²) in [5, 5.41) is 5.86. The molecule has 1 unspecified atom stereocenters. The first-order valence-corrected chi connectivity index (χ1v) is 13.8. The number of aromatic nitrogens is 3. The van der Waals surface area contributed by atoms with Gasteiger partial charge in [0.1, 0.15) is 6.23 Å². The van der Waals surface area contributed by atoms with Crippen molar-refractivity contribution in [1.82, 2.24) is 19.2 Å². The van der Waals surface area contributed by atoms with Gasteiger partial charge in [0.25, 0.3) is 0 Å². The molecule has 0 N–H and O–H groups in total. The molecule has 186 valence electrons. The average Bonchev–Trinajstić information content (AvgIpc) is 3.57. The van der Waals surface area contributed by atoms with Gasteiger partial charge in [-0.1, -0.05) is 25.3 Å². The highest BCUT2D eigenvalue weighted by Gasteiger charge is 2.29. The maximum atomic E-state index is 12.9. The van der Waals surface area contributed by atoms with E-state index < -0.39 is 0 Å². The van der Waals surface area contributed by atoms with E-state index in [4.69, 9.17) is 4.74 Å². The van der Waals surface area contributed by atoms with Gasteiger partial charge in [-0.3, -0.25) is 4.79 Å². The van der Waals surface area contributed by atoms with Gasteiger partial charge >= 0.3 is 0 Å². The predicted octanol–water partition coefficient (Wildman–Crippen LogP) is 6.02. The average molecular weight is 475 g/mol. The topological polar surface area (TPSA) is 52.3 Å².